The van der Waals surface area contributed by atoms with Crippen LogP contribution in [0.5, 0.6) is 5.75 Å². The van der Waals surface area contributed by atoms with Gasteiger partial charge >= 0.3 is 0 Å². The zero-order chi connectivity index (χ0) is 15.7. The second-order valence-electron chi connectivity index (χ2n) is 5.43. The second-order valence-corrected chi connectivity index (χ2v) is 6.60. The molecule has 1 heterocycles. The Morgan fingerprint density at radius 3 is 2.77 bits per heavy atom. The topological polar surface area (TPSA) is 9.23 Å². The fraction of sp³-hybridized carbons (Fsp3) is 0.222. The van der Waals surface area contributed by atoms with Gasteiger partial charge in [0.25, 0.3) is 0 Å². The third-order valence-corrected chi connectivity index (χ3v) is 5.52. The van der Waals surface area contributed by atoms with Crippen LogP contribution in [0.1, 0.15) is 24.0 Å². The van der Waals surface area contributed by atoms with E-state index in [1.54, 1.807) is 0 Å². The van der Waals surface area contributed by atoms with Crippen LogP contribution in [0.25, 0.3) is 0 Å². The summed E-state index contributed by atoms with van der Waals surface area (Å²) < 4.78 is 20.7. The van der Waals surface area contributed by atoms with Gasteiger partial charge in [0.1, 0.15) is 17.2 Å². The average molecular weight is 382 g/mol. The number of fused-ring (bicyclic) bond motifs is 1. The van der Waals surface area contributed by atoms with E-state index in [0.29, 0.717) is 16.6 Å². The Labute approximate surface area is 142 Å². The number of benzene rings is 2. The highest BCUT2D eigenvalue weighted by atomic mass is 79.9. The molecule has 0 aliphatic carbocycles. The number of rotatable bonds is 4. The van der Waals surface area contributed by atoms with E-state index < -0.39 is 11.4 Å². The van der Waals surface area contributed by atoms with Gasteiger partial charge in [-0.25, -0.2) is 4.39 Å². The van der Waals surface area contributed by atoms with Crippen LogP contribution >= 0.6 is 27.5 Å². The van der Waals surface area contributed by atoms with Crippen molar-refractivity contribution in [2.75, 3.05) is 0 Å². The monoisotopic (exact) mass is 380 g/mol. The van der Waals surface area contributed by atoms with Gasteiger partial charge in [-0.3, -0.25) is 0 Å². The first-order valence-electron chi connectivity index (χ1n) is 7.09. The van der Waals surface area contributed by atoms with E-state index in [1.807, 2.05) is 36.4 Å². The molecule has 3 rings (SSSR count). The summed E-state index contributed by atoms with van der Waals surface area (Å²) in [6.45, 7) is 3.80. The molecule has 0 saturated heterocycles. The highest BCUT2D eigenvalue weighted by Crippen LogP contribution is 2.49. The lowest BCUT2D eigenvalue weighted by Gasteiger charge is -2.29. The molecule has 2 aromatic rings. The van der Waals surface area contributed by atoms with Crippen molar-refractivity contribution in [3.8, 4) is 5.75 Å². The lowest BCUT2D eigenvalue weighted by Crippen LogP contribution is -2.31. The van der Waals surface area contributed by atoms with Gasteiger partial charge in [-0.15, -0.1) is 6.58 Å². The molecule has 0 radical (unpaired) electrons. The van der Waals surface area contributed by atoms with E-state index >= 15 is 0 Å². The second kappa shape index (κ2) is 6.05. The SMILES string of the molecule is C=CCCC1(c2ccccc2)Cc2c(cc(F)c(Cl)c2Br)O1. The van der Waals surface area contributed by atoms with E-state index in [-0.39, 0.29) is 5.02 Å². The fourth-order valence-electron chi connectivity index (χ4n) is 2.92. The lowest BCUT2D eigenvalue weighted by molar-refractivity contribution is 0.0834. The Morgan fingerprint density at radius 1 is 1.36 bits per heavy atom. The summed E-state index contributed by atoms with van der Waals surface area (Å²) in [5.74, 6) is 0.0848. The first kappa shape index (κ1) is 15.6. The van der Waals surface area contributed by atoms with Crippen molar-refractivity contribution in [2.24, 2.45) is 0 Å². The fourth-order valence-corrected chi connectivity index (χ4v) is 3.61. The first-order valence-corrected chi connectivity index (χ1v) is 8.26. The number of halogens is 3. The van der Waals surface area contributed by atoms with Crippen molar-refractivity contribution in [2.45, 2.75) is 24.9 Å². The minimum Gasteiger partial charge on any atom is -0.482 e. The zero-order valence-electron chi connectivity index (χ0n) is 11.9. The van der Waals surface area contributed by atoms with E-state index in [4.69, 9.17) is 16.3 Å². The predicted molar refractivity (Wildman–Crippen MR) is 91.0 cm³/mol. The van der Waals surface area contributed by atoms with Crippen molar-refractivity contribution < 1.29 is 9.13 Å². The molecule has 22 heavy (non-hydrogen) atoms. The molecular weight excluding hydrogens is 367 g/mol. The summed E-state index contributed by atoms with van der Waals surface area (Å²) in [4.78, 5) is 0. The summed E-state index contributed by atoms with van der Waals surface area (Å²) >= 11 is 9.41. The highest BCUT2D eigenvalue weighted by Gasteiger charge is 2.42. The molecule has 1 aliphatic heterocycles. The van der Waals surface area contributed by atoms with E-state index in [1.165, 1.54) is 6.07 Å². The Hall–Kier alpha value is -1.32. The van der Waals surface area contributed by atoms with E-state index in [9.17, 15) is 4.39 Å². The minimum absolute atomic E-state index is 0.106. The molecular formula is C18H15BrClFO. The molecule has 0 bridgehead atoms. The molecule has 0 spiro atoms. The van der Waals surface area contributed by atoms with Crippen LogP contribution in [0.15, 0.2) is 53.5 Å². The van der Waals surface area contributed by atoms with Crippen molar-refractivity contribution in [1.82, 2.24) is 0 Å². The van der Waals surface area contributed by atoms with Crippen LogP contribution in [0.3, 0.4) is 0 Å². The van der Waals surface area contributed by atoms with Crippen molar-refractivity contribution >= 4 is 27.5 Å². The summed E-state index contributed by atoms with van der Waals surface area (Å²) in [7, 11) is 0. The van der Waals surface area contributed by atoms with E-state index in [0.717, 1.165) is 24.0 Å². The minimum atomic E-state index is -0.503. The van der Waals surface area contributed by atoms with E-state index in [2.05, 4.69) is 22.5 Å². The van der Waals surface area contributed by atoms with Gasteiger partial charge in [-0.2, -0.15) is 0 Å². The molecule has 1 atom stereocenters. The van der Waals surface area contributed by atoms with Gasteiger partial charge in [0.2, 0.25) is 0 Å². The molecule has 2 aromatic carbocycles. The van der Waals surface area contributed by atoms with Crippen LogP contribution in [0.4, 0.5) is 4.39 Å². The summed E-state index contributed by atoms with van der Waals surface area (Å²) in [6, 6.07) is 11.4. The van der Waals surface area contributed by atoms with Gasteiger partial charge < -0.3 is 4.74 Å². The summed E-state index contributed by atoms with van der Waals surface area (Å²) in [5.41, 5.74) is 1.49. The highest BCUT2D eigenvalue weighted by molar-refractivity contribution is 9.10. The predicted octanol–water partition coefficient (Wildman–Crippen LogP) is 6.04. The van der Waals surface area contributed by atoms with Crippen LogP contribution in [-0.4, -0.2) is 0 Å². The largest absolute Gasteiger partial charge is 0.482 e. The maximum absolute atomic E-state index is 13.9. The molecule has 4 heteroatoms. The Kier molecular flexibility index (Phi) is 4.28. The summed E-state index contributed by atoms with van der Waals surface area (Å²) in [5, 5.41) is 0.106. The standard InChI is InChI=1S/C18H15BrClFO/c1-2-3-9-18(12-7-5-4-6-8-12)11-13-15(22-18)10-14(21)17(20)16(13)19/h2,4-8,10H,1,3,9,11H2. The van der Waals surface area contributed by atoms with Crippen molar-refractivity contribution in [3.63, 3.8) is 0 Å². The molecule has 0 saturated carbocycles. The van der Waals surface area contributed by atoms with Gasteiger partial charge in [-0.05, 0) is 34.3 Å². The zero-order valence-corrected chi connectivity index (χ0v) is 14.3. The van der Waals surface area contributed by atoms with Crippen molar-refractivity contribution in [1.29, 1.82) is 0 Å². The van der Waals surface area contributed by atoms with Gasteiger partial charge in [0.15, 0.2) is 0 Å². The lowest BCUT2D eigenvalue weighted by atomic mass is 9.85. The van der Waals surface area contributed by atoms with Crippen LogP contribution in [0, 0.1) is 5.82 Å². The van der Waals surface area contributed by atoms with Gasteiger partial charge in [0, 0.05) is 22.5 Å². The molecule has 0 amide bonds. The number of allylic oxidation sites excluding steroid dienone is 1. The Balaban J connectivity index is 2.08. The molecule has 114 valence electrons. The Morgan fingerprint density at radius 2 is 2.09 bits per heavy atom. The summed E-state index contributed by atoms with van der Waals surface area (Å²) in [6.07, 6.45) is 4.12. The normalized spacial score (nSPS) is 19.6. The average Bonchev–Trinajstić information content (AvgIpc) is 2.92. The quantitative estimate of drug-likeness (QED) is 0.463. The van der Waals surface area contributed by atoms with Gasteiger partial charge in [0.05, 0.1) is 5.02 Å². The molecule has 1 aliphatic rings. The van der Waals surface area contributed by atoms with Crippen LogP contribution in [0.2, 0.25) is 5.02 Å². The van der Waals surface area contributed by atoms with Gasteiger partial charge in [-0.1, -0.05) is 48.0 Å². The maximum atomic E-state index is 13.9. The third-order valence-electron chi connectivity index (χ3n) is 4.04. The number of hydrogen-bond donors (Lipinski definition) is 0. The molecule has 0 aromatic heterocycles. The number of ether oxygens (including phenoxy) is 1. The number of hydrogen-bond acceptors (Lipinski definition) is 1. The Bertz CT molecular complexity index is 717. The van der Waals surface area contributed by atoms with Crippen LogP contribution < -0.4 is 4.74 Å². The smallest absolute Gasteiger partial charge is 0.146 e. The molecule has 1 unspecified atom stereocenters. The molecule has 0 N–H and O–H groups in total. The van der Waals surface area contributed by atoms with Crippen molar-refractivity contribution in [3.05, 3.63) is 75.5 Å². The molecule has 0 fully saturated rings. The molecule has 1 nitrogen and oxygen atoms in total. The first-order chi connectivity index (χ1) is 10.6. The third kappa shape index (κ3) is 2.57. The maximum Gasteiger partial charge on any atom is 0.146 e. The van der Waals surface area contributed by atoms with Crippen LogP contribution in [-0.2, 0) is 12.0 Å².